The van der Waals surface area contributed by atoms with Crippen molar-refractivity contribution in [1.29, 1.82) is 0 Å². The Morgan fingerprint density at radius 1 is 1.26 bits per heavy atom. The minimum Gasteiger partial charge on any atom is -0.464 e. The molecule has 0 aliphatic carbocycles. The van der Waals surface area contributed by atoms with Crippen LogP contribution in [0.25, 0.3) is 0 Å². The van der Waals surface area contributed by atoms with Crippen LogP contribution >= 0.6 is 0 Å². The number of ether oxygens (including phenoxy) is 1. The maximum atomic E-state index is 11.4. The molecule has 3 heteroatoms. The first-order chi connectivity index (χ1) is 8.91. The monoisotopic (exact) mass is 263 g/mol. The van der Waals surface area contributed by atoms with Gasteiger partial charge in [-0.1, -0.05) is 44.2 Å². The first-order valence-electron chi connectivity index (χ1n) is 6.86. The second kappa shape index (κ2) is 7.29. The molecule has 1 aromatic rings. The zero-order chi connectivity index (χ0) is 14.3. The van der Waals surface area contributed by atoms with Crippen LogP contribution in [0, 0.1) is 5.92 Å². The van der Waals surface area contributed by atoms with Crippen molar-refractivity contribution in [3.8, 4) is 0 Å². The summed E-state index contributed by atoms with van der Waals surface area (Å²) in [6.45, 7) is 9.06. The van der Waals surface area contributed by atoms with Crippen molar-refractivity contribution >= 4 is 5.97 Å². The van der Waals surface area contributed by atoms with E-state index in [1.807, 2.05) is 45.9 Å². The number of carbonyl (C=O) groups is 1. The molecule has 3 nitrogen and oxygen atoms in total. The lowest BCUT2D eigenvalue weighted by Crippen LogP contribution is -2.45. The first kappa shape index (κ1) is 15.7. The summed E-state index contributed by atoms with van der Waals surface area (Å²) in [5.41, 5.74) is 1.12. The van der Waals surface area contributed by atoms with E-state index in [1.165, 1.54) is 5.56 Å². The number of carbonyl (C=O) groups excluding carboxylic acids is 1. The summed E-state index contributed by atoms with van der Waals surface area (Å²) in [4.78, 5) is 11.4. The van der Waals surface area contributed by atoms with E-state index in [0.29, 0.717) is 6.61 Å². The Bertz CT molecular complexity index is 385. The lowest BCUT2D eigenvalue weighted by molar-refractivity contribution is -0.149. The third-order valence-corrected chi connectivity index (χ3v) is 2.91. The Kier molecular flexibility index (Phi) is 6.03. The topological polar surface area (TPSA) is 38.3 Å². The molecule has 0 bridgehead atoms. The Morgan fingerprint density at radius 3 is 2.47 bits per heavy atom. The molecule has 0 heterocycles. The van der Waals surface area contributed by atoms with Crippen LogP contribution in [0.3, 0.4) is 0 Å². The van der Waals surface area contributed by atoms with Gasteiger partial charge in [0.1, 0.15) is 6.61 Å². The molecule has 0 aliphatic heterocycles. The highest BCUT2D eigenvalue weighted by Gasteiger charge is 2.20. The van der Waals surface area contributed by atoms with Crippen LogP contribution < -0.4 is 5.32 Å². The highest BCUT2D eigenvalue weighted by atomic mass is 16.5. The number of nitrogens with one attached hydrogen (secondary N) is 1. The van der Waals surface area contributed by atoms with E-state index in [1.54, 1.807) is 0 Å². The predicted molar refractivity (Wildman–Crippen MR) is 78.0 cm³/mol. The van der Waals surface area contributed by atoms with Gasteiger partial charge in [0.15, 0.2) is 0 Å². The molecular formula is C16H25NO2. The number of rotatable bonds is 7. The lowest BCUT2D eigenvalue weighted by atomic mass is 10.1. The molecule has 106 valence electrons. The third kappa shape index (κ3) is 6.39. The standard InChI is InChI=1S/C16H25NO2/c1-13(2)15(18)19-12-16(3,4)17-11-10-14-8-6-5-7-9-14/h5-9,13,17H,10-12H2,1-4H3. The summed E-state index contributed by atoms with van der Waals surface area (Å²) < 4.78 is 5.27. The van der Waals surface area contributed by atoms with E-state index >= 15 is 0 Å². The van der Waals surface area contributed by atoms with E-state index in [2.05, 4.69) is 17.4 Å². The summed E-state index contributed by atoms with van der Waals surface area (Å²) in [6, 6.07) is 10.4. The van der Waals surface area contributed by atoms with Crippen LogP contribution in [0.15, 0.2) is 30.3 Å². The molecule has 0 aromatic heterocycles. The van der Waals surface area contributed by atoms with Gasteiger partial charge in [0.05, 0.1) is 5.92 Å². The van der Waals surface area contributed by atoms with Crippen LogP contribution in [-0.4, -0.2) is 24.7 Å². The van der Waals surface area contributed by atoms with Gasteiger partial charge in [-0.2, -0.15) is 0 Å². The third-order valence-electron chi connectivity index (χ3n) is 2.91. The van der Waals surface area contributed by atoms with Crippen LogP contribution in [0.4, 0.5) is 0 Å². The SMILES string of the molecule is CC(C)C(=O)OCC(C)(C)NCCc1ccccc1. The van der Waals surface area contributed by atoms with Gasteiger partial charge in [0.2, 0.25) is 0 Å². The average Bonchev–Trinajstić information content (AvgIpc) is 2.37. The molecule has 0 saturated heterocycles. The molecular weight excluding hydrogens is 238 g/mol. The first-order valence-corrected chi connectivity index (χ1v) is 6.86. The van der Waals surface area contributed by atoms with Gasteiger partial charge < -0.3 is 10.1 Å². The normalized spacial score (nSPS) is 11.6. The van der Waals surface area contributed by atoms with Crippen molar-refractivity contribution < 1.29 is 9.53 Å². The lowest BCUT2D eigenvalue weighted by Gasteiger charge is -2.26. The predicted octanol–water partition coefficient (Wildman–Crippen LogP) is 2.80. The van der Waals surface area contributed by atoms with Crippen LogP contribution in [0.1, 0.15) is 33.3 Å². The van der Waals surface area contributed by atoms with Crippen molar-refractivity contribution in [2.45, 2.75) is 39.7 Å². The fraction of sp³-hybridized carbons (Fsp3) is 0.562. The molecule has 0 amide bonds. The van der Waals surface area contributed by atoms with Gasteiger partial charge in [-0.25, -0.2) is 0 Å². The number of hydrogen-bond acceptors (Lipinski definition) is 3. The molecule has 0 spiro atoms. The largest absolute Gasteiger partial charge is 0.464 e. The zero-order valence-electron chi connectivity index (χ0n) is 12.4. The highest BCUT2D eigenvalue weighted by Crippen LogP contribution is 2.06. The summed E-state index contributed by atoms with van der Waals surface area (Å²) >= 11 is 0. The fourth-order valence-corrected chi connectivity index (χ4v) is 1.66. The van der Waals surface area contributed by atoms with Crippen LogP contribution in [0.2, 0.25) is 0 Å². The maximum absolute atomic E-state index is 11.4. The van der Waals surface area contributed by atoms with Crippen LogP contribution in [0.5, 0.6) is 0 Å². The second-order valence-corrected chi connectivity index (χ2v) is 5.81. The Balaban J connectivity index is 2.28. The van der Waals surface area contributed by atoms with Crippen molar-refractivity contribution in [3.05, 3.63) is 35.9 Å². The highest BCUT2D eigenvalue weighted by molar-refractivity contribution is 5.71. The maximum Gasteiger partial charge on any atom is 0.308 e. The number of hydrogen-bond donors (Lipinski definition) is 1. The van der Waals surface area contributed by atoms with Crippen molar-refractivity contribution in [1.82, 2.24) is 5.32 Å². The van der Waals surface area contributed by atoms with Gasteiger partial charge in [0.25, 0.3) is 0 Å². The van der Waals surface area contributed by atoms with Gasteiger partial charge >= 0.3 is 5.97 Å². The van der Waals surface area contributed by atoms with E-state index < -0.39 is 0 Å². The molecule has 0 radical (unpaired) electrons. The molecule has 0 aliphatic rings. The van der Waals surface area contributed by atoms with E-state index in [-0.39, 0.29) is 17.4 Å². The molecule has 1 N–H and O–H groups in total. The van der Waals surface area contributed by atoms with Gasteiger partial charge in [-0.15, -0.1) is 0 Å². The smallest absolute Gasteiger partial charge is 0.308 e. The molecule has 1 rings (SSSR count). The zero-order valence-corrected chi connectivity index (χ0v) is 12.4. The fourth-order valence-electron chi connectivity index (χ4n) is 1.66. The summed E-state index contributed by atoms with van der Waals surface area (Å²) in [7, 11) is 0. The summed E-state index contributed by atoms with van der Waals surface area (Å²) in [6.07, 6.45) is 0.975. The van der Waals surface area contributed by atoms with Crippen molar-refractivity contribution in [2.75, 3.05) is 13.2 Å². The Labute approximate surface area is 116 Å². The number of esters is 1. The number of benzene rings is 1. The van der Waals surface area contributed by atoms with E-state index in [0.717, 1.165) is 13.0 Å². The van der Waals surface area contributed by atoms with Crippen molar-refractivity contribution in [3.63, 3.8) is 0 Å². The molecule has 1 aromatic carbocycles. The molecule has 0 saturated carbocycles. The molecule has 0 atom stereocenters. The van der Waals surface area contributed by atoms with Gasteiger partial charge in [-0.3, -0.25) is 4.79 Å². The Hall–Kier alpha value is -1.35. The molecule has 19 heavy (non-hydrogen) atoms. The van der Waals surface area contributed by atoms with Crippen molar-refractivity contribution in [2.24, 2.45) is 5.92 Å². The summed E-state index contributed by atoms with van der Waals surface area (Å²) in [5.74, 6) is -0.210. The van der Waals surface area contributed by atoms with E-state index in [4.69, 9.17) is 4.74 Å². The quantitative estimate of drug-likeness (QED) is 0.769. The second-order valence-electron chi connectivity index (χ2n) is 5.81. The average molecular weight is 263 g/mol. The van der Waals surface area contributed by atoms with E-state index in [9.17, 15) is 4.79 Å². The van der Waals surface area contributed by atoms with Crippen LogP contribution in [-0.2, 0) is 16.0 Å². The minimum atomic E-state index is -0.195. The molecule has 0 fully saturated rings. The molecule has 0 unspecified atom stereocenters. The minimum absolute atomic E-state index is 0.0693. The summed E-state index contributed by atoms with van der Waals surface area (Å²) in [5, 5.41) is 3.42. The Morgan fingerprint density at radius 2 is 1.89 bits per heavy atom. The van der Waals surface area contributed by atoms with Gasteiger partial charge in [-0.05, 0) is 32.4 Å². The van der Waals surface area contributed by atoms with Gasteiger partial charge in [0, 0.05) is 5.54 Å².